The molecule has 0 aromatic heterocycles. The Morgan fingerprint density at radius 2 is 2.00 bits per heavy atom. The molecule has 0 atom stereocenters. The first kappa shape index (κ1) is 9.99. The summed E-state index contributed by atoms with van der Waals surface area (Å²) in [5, 5.41) is 0. The summed E-state index contributed by atoms with van der Waals surface area (Å²) in [6.45, 7) is 1.61. The molecule has 1 aromatic carbocycles. The lowest BCUT2D eigenvalue weighted by Gasteiger charge is -2.05. The fraction of sp³-hybridized carbons (Fsp3) is 0.250. The highest BCUT2D eigenvalue weighted by atomic mass is 79.9. The van der Waals surface area contributed by atoms with Gasteiger partial charge >= 0.3 is 0 Å². The monoisotopic (exact) mass is 252 g/mol. The van der Waals surface area contributed by atoms with Crippen molar-refractivity contribution in [3.05, 3.63) is 27.7 Å². The zero-order valence-electron chi connectivity index (χ0n) is 6.62. The van der Waals surface area contributed by atoms with E-state index in [0.29, 0.717) is 10.0 Å². The van der Waals surface area contributed by atoms with Crippen molar-refractivity contribution in [1.29, 1.82) is 0 Å². The van der Waals surface area contributed by atoms with Crippen LogP contribution in [0.3, 0.4) is 0 Å². The maximum Gasteiger partial charge on any atom is 0.143 e. The van der Waals surface area contributed by atoms with E-state index in [9.17, 15) is 8.78 Å². The standard InChI is InChI=1S/C8H7BrF2S/c1-4-5(9)3-6(10)8(12-2)7(4)11/h3H,1-2H3. The smallest absolute Gasteiger partial charge is 0.143 e. The lowest BCUT2D eigenvalue weighted by molar-refractivity contribution is 0.533. The van der Waals surface area contributed by atoms with Gasteiger partial charge in [0, 0.05) is 10.0 Å². The maximum atomic E-state index is 13.2. The van der Waals surface area contributed by atoms with Crippen molar-refractivity contribution in [2.75, 3.05) is 6.26 Å². The van der Waals surface area contributed by atoms with Crippen LogP contribution in [0, 0.1) is 18.6 Å². The molecule has 0 fully saturated rings. The van der Waals surface area contributed by atoms with Crippen molar-refractivity contribution in [3.8, 4) is 0 Å². The van der Waals surface area contributed by atoms with Gasteiger partial charge in [0.2, 0.25) is 0 Å². The van der Waals surface area contributed by atoms with Gasteiger partial charge in [-0.25, -0.2) is 8.78 Å². The van der Waals surface area contributed by atoms with E-state index in [1.165, 1.54) is 6.07 Å². The Kier molecular flexibility index (Phi) is 3.12. The van der Waals surface area contributed by atoms with Crippen LogP contribution in [0.25, 0.3) is 0 Å². The molecule has 0 radical (unpaired) electrons. The summed E-state index contributed by atoms with van der Waals surface area (Å²) < 4.78 is 26.7. The average Bonchev–Trinajstić information content (AvgIpc) is 2.01. The highest BCUT2D eigenvalue weighted by Crippen LogP contribution is 2.29. The zero-order chi connectivity index (χ0) is 9.30. The SMILES string of the molecule is CSc1c(F)cc(Br)c(C)c1F. The number of halogens is 3. The molecule has 4 heteroatoms. The van der Waals surface area contributed by atoms with Gasteiger partial charge in [0.1, 0.15) is 11.6 Å². The van der Waals surface area contributed by atoms with Crippen LogP contribution in [-0.2, 0) is 0 Å². The third-order valence-electron chi connectivity index (χ3n) is 1.56. The van der Waals surface area contributed by atoms with Crippen molar-refractivity contribution < 1.29 is 8.78 Å². The molecule has 0 saturated heterocycles. The molecular formula is C8H7BrF2S. The van der Waals surface area contributed by atoms with Crippen molar-refractivity contribution in [3.63, 3.8) is 0 Å². The van der Waals surface area contributed by atoms with Gasteiger partial charge in [0.25, 0.3) is 0 Å². The Morgan fingerprint density at radius 3 is 2.50 bits per heavy atom. The molecule has 12 heavy (non-hydrogen) atoms. The van der Waals surface area contributed by atoms with Gasteiger partial charge < -0.3 is 0 Å². The van der Waals surface area contributed by atoms with Gasteiger partial charge in [0.15, 0.2) is 0 Å². The van der Waals surface area contributed by atoms with Gasteiger partial charge in [-0.05, 0) is 19.2 Å². The second-order valence-corrected chi connectivity index (χ2v) is 3.98. The Balaban J connectivity index is 3.40. The summed E-state index contributed by atoms with van der Waals surface area (Å²) in [6.07, 6.45) is 1.65. The van der Waals surface area contributed by atoms with Crippen LogP contribution in [0.2, 0.25) is 0 Å². The van der Waals surface area contributed by atoms with Gasteiger partial charge in [-0.15, -0.1) is 11.8 Å². The van der Waals surface area contributed by atoms with E-state index >= 15 is 0 Å². The van der Waals surface area contributed by atoms with Gasteiger partial charge in [-0.3, -0.25) is 0 Å². The number of hydrogen-bond acceptors (Lipinski definition) is 1. The third kappa shape index (κ3) is 1.64. The summed E-state index contributed by atoms with van der Waals surface area (Å²) in [5.74, 6) is -0.994. The quantitative estimate of drug-likeness (QED) is 0.687. The molecule has 0 unspecified atom stereocenters. The Bertz CT molecular complexity index is 312. The van der Waals surface area contributed by atoms with Crippen LogP contribution in [0.5, 0.6) is 0 Å². The second kappa shape index (κ2) is 3.75. The first-order valence-corrected chi connectivity index (χ1v) is 5.27. The highest BCUT2D eigenvalue weighted by Gasteiger charge is 2.13. The normalized spacial score (nSPS) is 10.4. The van der Waals surface area contributed by atoms with Crippen molar-refractivity contribution in [2.45, 2.75) is 11.8 Å². The predicted octanol–water partition coefficient (Wildman–Crippen LogP) is 3.76. The Morgan fingerprint density at radius 1 is 1.42 bits per heavy atom. The lowest BCUT2D eigenvalue weighted by Crippen LogP contribution is -1.92. The minimum Gasteiger partial charge on any atom is -0.206 e. The topological polar surface area (TPSA) is 0 Å². The maximum absolute atomic E-state index is 13.2. The van der Waals surface area contributed by atoms with Crippen molar-refractivity contribution in [1.82, 2.24) is 0 Å². The minimum absolute atomic E-state index is 0.0794. The molecule has 0 spiro atoms. The Labute approximate surface area is 82.5 Å². The van der Waals surface area contributed by atoms with Crippen LogP contribution in [0.1, 0.15) is 5.56 Å². The van der Waals surface area contributed by atoms with E-state index < -0.39 is 11.6 Å². The molecule has 0 aliphatic rings. The molecule has 66 valence electrons. The number of thioether (sulfide) groups is 1. The van der Waals surface area contributed by atoms with E-state index in [2.05, 4.69) is 15.9 Å². The summed E-state index contributed by atoms with van der Waals surface area (Å²) in [7, 11) is 0. The molecule has 0 heterocycles. The molecule has 0 N–H and O–H groups in total. The average molecular weight is 253 g/mol. The van der Waals surface area contributed by atoms with Gasteiger partial charge in [-0.2, -0.15) is 0 Å². The van der Waals surface area contributed by atoms with Crippen molar-refractivity contribution >= 4 is 27.7 Å². The van der Waals surface area contributed by atoms with Crippen LogP contribution in [0.4, 0.5) is 8.78 Å². The predicted molar refractivity (Wildman–Crippen MR) is 50.6 cm³/mol. The molecule has 0 aliphatic carbocycles. The first-order chi connectivity index (χ1) is 5.57. The van der Waals surface area contributed by atoms with E-state index in [4.69, 9.17) is 0 Å². The highest BCUT2D eigenvalue weighted by molar-refractivity contribution is 9.10. The molecule has 0 bridgehead atoms. The molecule has 0 saturated carbocycles. The van der Waals surface area contributed by atoms with E-state index in [1.807, 2.05) is 0 Å². The fourth-order valence-corrected chi connectivity index (χ4v) is 1.81. The number of rotatable bonds is 1. The fourth-order valence-electron chi connectivity index (χ4n) is 0.852. The number of benzene rings is 1. The molecule has 0 amide bonds. The van der Waals surface area contributed by atoms with E-state index in [0.717, 1.165) is 11.8 Å². The Hall–Kier alpha value is -0.0900. The summed E-state index contributed by atoms with van der Waals surface area (Å²) in [4.78, 5) is 0.0794. The molecule has 1 rings (SSSR count). The largest absolute Gasteiger partial charge is 0.206 e. The summed E-state index contributed by atoms with van der Waals surface area (Å²) in [6, 6.07) is 1.28. The molecule has 0 nitrogen and oxygen atoms in total. The second-order valence-electron chi connectivity index (χ2n) is 2.31. The van der Waals surface area contributed by atoms with E-state index in [1.54, 1.807) is 13.2 Å². The minimum atomic E-state index is -0.516. The zero-order valence-corrected chi connectivity index (χ0v) is 9.02. The van der Waals surface area contributed by atoms with Crippen LogP contribution >= 0.6 is 27.7 Å². The van der Waals surface area contributed by atoms with Crippen LogP contribution in [-0.4, -0.2) is 6.26 Å². The first-order valence-electron chi connectivity index (χ1n) is 3.26. The van der Waals surface area contributed by atoms with Crippen LogP contribution in [0.15, 0.2) is 15.4 Å². The lowest BCUT2D eigenvalue weighted by atomic mass is 10.2. The van der Waals surface area contributed by atoms with Crippen LogP contribution < -0.4 is 0 Å². The van der Waals surface area contributed by atoms with E-state index in [-0.39, 0.29) is 4.90 Å². The molecular weight excluding hydrogens is 246 g/mol. The third-order valence-corrected chi connectivity index (χ3v) is 3.17. The summed E-state index contributed by atoms with van der Waals surface area (Å²) in [5.41, 5.74) is 0.445. The van der Waals surface area contributed by atoms with Gasteiger partial charge in [-0.1, -0.05) is 15.9 Å². The molecule has 1 aromatic rings. The van der Waals surface area contributed by atoms with Crippen molar-refractivity contribution in [2.24, 2.45) is 0 Å². The summed E-state index contributed by atoms with van der Waals surface area (Å²) >= 11 is 4.15. The van der Waals surface area contributed by atoms with Gasteiger partial charge in [0.05, 0.1) is 4.90 Å². The number of hydrogen-bond donors (Lipinski definition) is 0. The molecule has 0 aliphatic heterocycles.